The first-order chi connectivity index (χ1) is 13.3. The van der Waals surface area contributed by atoms with Gasteiger partial charge in [-0.1, -0.05) is 37.3 Å². The number of rotatable bonds is 8. The van der Waals surface area contributed by atoms with Crippen molar-refractivity contribution in [2.45, 2.75) is 39.0 Å². The Morgan fingerprint density at radius 3 is 2.59 bits per heavy atom. The Morgan fingerprint density at radius 2 is 1.85 bits per heavy atom. The zero-order chi connectivity index (χ0) is 18.6. The van der Waals surface area contributed by atoms with Crippen molar-refractivity contribution in [1.29, 1.82) is 0 Å². The largest absolute Gasteiger partial charge is 0.342 e. The highest BCUT2D eigenvalue weighted by atomic mass is 16.2. The number of hydrogen-bond acceptors (Lipinski definition) is 2. The normalized spacial score (nSPS) is 13.8. The topological polar surface area (TPSA) is 38.1 Å². The van der Waals surface area contributed by atoms with Gasteiger partial charge in [0.15, 0.2) is 0 Å². The van der Waals surface area contributed by atoms with Crippen LogP contribution in [0, 0.1) is 5.92 Å². The van der Waals surface area contributed by atoms with Crippen molar-refractivity contribution in [3.8, 4) is 5.69 Å². The molecular formula is C23H27N3O. The standard InChI is InChI=1S/C23H27N3O/c1-2-16-25(17-18-12-13-18)23(27)15-14-22-24-20-10-6-7-11-21(20)26(22)19-8-4-3-5-9-19/h3-11,18H,2,12-17H2,1H3. The molecule has 4 rings (SSSR count). The predicted molar refractivity (Wildman–Crippen MR) is 109 cm³/mol. The van der Waals surface area contributed by atoms with Gasteiger partial charge in [0.05, 0.1) is 11.0 Å². The molecule has 0 N–H and O–H groups in total. The van der Waals surface area contributed by atoms with Gasteiger partial charge in [0, 0.05) is 31.6 Å². The van der Waals surface area contributed by atoms with E-state index in [0.29, 0.717) is 12.8 Å². The van der Waals surface area contributed by atoms with E-state index in [0.717, 1.165) is 48.0 Å². The summed E-state index contributed by atoms with van der Waals surface area (Å²) < 4.78 is 2.19. The summed E-state index contributed by atoms with van der Waals surface area (Å²) in [6, 6.07) is 18.5. The zero-order valence-electron chi connectivity index (χ0n) is 16.0. The van der Waals surface area contributed by atoms with Crippen LogP contribution < -0.4 is 0 Å². The SMILES string of the molecule is CCCN(CC1CC1)C(=O)CCc1nc2ccccc2n1-c1ccccc1. The molecule has 1 aliphatic rings. The van der Waals surface area contributed by atoms with Crippen molar-refractivity contribution >= 4 is 16.9 Å². The number of carbonyl (C=O) groups is 1. The molecule has 0 bridgehead atoms. The fraction of sp³-hybridized carbons (Fsp3) is 0.391. The highest BCUT2D eigenvalue weighted by Gasteiger charge is 2.26. The summed E-state index contributed by atoms with van der Waals surface area (Å²) in [5, 5.41) is 0. The van der Waals surface area contributed by atoms with Crippen LogP contribution in [0.15, 0.2) is 54.6 Å². The number of aryl methyl sites for hydroxylation is 1. The number of nitrogens with zero attached hydrogens (tertiary/aromatic N) is 3. The van der Waals surface area contributed by atoms with Crippen molar-refractivity contribution in [2.75, 3.05) is 13.1 Å². The Hall–Kier alpha value is -2.62. The van der Waals surface area contributed by atoms with E-state index in [2.05, 4.69) is 34.6 Å². The molecule has 0 aliphatic heterocycles. The van der Waals surface area contributed by atoms with Gasteiger partial charge in [-0.3, -0.25) is 9.36 Å². The Kier molecular flexibility index (Phi) is 5.23. The van der Waals surface area contributed by atoms with Crippen LogP contribution in [0.25, 0.3) is 16.7 Å². The second-order valence-electron chi connectivity index (χ2n) is 7.47. The molecule has 1 fully saturated rings. The Bertz CT molecular complexity index is 912. The van der Waals surface area contributed by atoms with Gasteiger partial charge in [-0.15, -0.1) is 0 Å². The van der Waals surface area contributed by atoms with Gasteiger partial charge in [0.1, 0.15) is 5.82 Å². The highest BCUT2D eigenvalue weighted by molar-refractivity contribution is 5.79. The number of amides is 1. The molecule has 2 aromatic carbocycles. The first-order valence-corrected chi connectivity index (χ1v) is 10.1. The fourth-order valence-electron chi connectivity index (χ4n) is 3.69. The van der Waals surface area contributed by atoms with Crippen LogP contribution in [0.3, 0.4) is 0 Å². The number of aromatic nitrogens is 2. The van der Waals surface area contributed by atoms with Gasteiger partial charge in [-0.05, 0) is 49.4 Å². The van der Waals surface area contributed by atoms with Gasteiger partial charge in [0.25, 0.3) is 0 Å². The third-order valence-corrected chi connectivity index (χ3v) is 5.23. The van der Waals surface area contributed by atoms with Crippen LogP contribution in [-0.2, 0) is 11.2 Å². The highest BCUT2D eigenvalue weighted by Crippen LogP contribution is 2.30. The monoisotopic (exact) mass is 361 g/mol. The second-order valence-corrected chi connectivity index (χ2v) is 7.47. The molecular weight excluding hydrogens is 334 g/mol. The van der Waals surface area contributed by atoms with E-state index in [1.165, 1.54) is 12.8 Å². The van der Waals surface area contributed by atoms with Crippen LogP contribution >= 0.6 is 0 Å². The van der Waals surface area contributed by atoms with E-state index in [9.17, 15) is 4.79 Å². The minimum absolute atomic E-state index is 0.260. The Labute approximate surface area is 160 Å². The molecule has 0 unspecified atom stereocenters. The molecule has 1 aliphatic carbocycles. The molecule has 1 amide bonds. The number of hydrogen-bond donors (Lipinski definition) is 0. The van der Waals surface area contributed by atoms with E-state index in [4.69, 9.17) is 4.98 Å². The summed E-state index contributed by atoms with van der Waals surface area (Å²) in [5.41, 5.74) is 3.17. The number of carbonyl (C=O) groups excluding carboxylic acids is 1. The molecule has 1 saturated carbocycles. The molecule has 4 heteroatoms. The van der Waals surface area contributed by atoms with Crippen molar-refractivity contribution in [3.63, 3.8) is 0 Å². The summed E-state index contributed by atoms with van der Waals surface area (Å²) in [6.07, 6.45) is 4.74. The van der Waals surface area contributed by atoms with Gasteiger partial charge < -0.3 is 4.90 Å². The molecule has 4 nitrogen and oxygen atoms in total. The summed E-state index contributed by atoms with van der Waals surface area (Å²) >= 11 is 0. The lowest BCUT2D eigenvalue weighted by atomic mass is 10.2. The lowest BCUT2D eigenvalue weighted by Crippen LogP contribution is -2.33. The maximum absolute atomic E-state index is 12.8. The third kappa shape index (κ3) is 4.05. The zero-order valence-corrected chi connectivity index (χ0v) is 16.0. The van der Waals surface area contributed by atoms with Crippen molar-refractivity contribution < 1.29 is 4.79 Å². The minimum Gasteiger partial charge on any atom is -0.342 e. The first kappa shape index (κ1) is 17.8. The molecule has 140 valence electrons. The predicted octanol–water partition coefficient (Wildman–Crippen LogP) is 4.61. The molecule has 3 aromatic rings. The summed E-state index contributed by atoms with van der Waals surface area (Å²) in [5.74, 6) is 1.95. The van der Waals surface area contributed by atoms with Crippen LogP contribution in [0.2, 0.25) is 0 Å². The maximum Gasteiger partial charge on any atom is 0.223 e. The summed E-state index contributed by atoms with van der Waals surface area (Å²) in [7, 11) is 0. The lowest BCUT2D eigenvalue weighted by Gasteiger charge is -2.22. The molecule has 1 aromatic heterocycles. The van der Waals surface area contributed by atoms with Crippen LogP contribution in [0.4, 0.5) is 0 Å². The smallest absolute Gasteiger partial charge is 0.223 e. The molecule has 1 heterocycles. The summed E-state index contributed by atoms with van der Waals surface area (Å²) in [4.78, 5) is 19.7. The lowest BCUT2D eigenvalue weighted by molar-refractivity contribution is -0.131. The van der Waals surface area contributed by atoms with Crippen molar-refractivity contribution in [2.24, 2.45) is 5.92 Å². The van der Waals surface area contributed by atoms with Crippen LogP contribution in [-0.4, -0.2) is 33.4 Å². The summed E-state index contributed by atoms with van der Waals surface area (Å²) in [6.45, 7) is 3.94. The second kappa shape index (κ2) is 7.95. The molecule has 0 atom stereocenters. The van der Waals surface area contributed by atoms with E-state index >= 15 is 0 Å². The number of fused-ring (bicyclic) bond motifs is 1. The number of para-hydroxylation sites is 3. The molecule has 0 spiro atoms. The van der Waals surface area contributed by atoms with E-state index in [-0.39, 0.29) is 5.91 Å². The fourth-order valence-corrected chi connectivity index (χ4v) is 3.69. The Balaban J connectivity index is 1.57. The maximum atomic E-state index is 12.8. The Morgan fingerprint density at radius 1 is 1.11 bits per heavy atom. The quantitative estimate of drug-likeness (QED) is 0.588. The third-order valence-electron chi connectivity index (χ3n) is 5.23. The molecule has 27 heavy (non-hydrogen) atoms. The average Bonchev–Trinajstić information content (AvgIpc) is 3.44. The molecule has 0 radical (unpaired) electrons. The van der Waals surface area contributed by atoms with Crippen LogP contribution in [0.1, 0.15) is 38.4 Å². The van der Waals surface area contributed by atoms with Crippen LogP contribution in [0.5, 0.6) is 0 Å². The van der Waals surface area contributed by atoms with Gasteiger partial charge >= 0.3 is 0 Å². The van der Waals surface area contributed by atoms with Crippen molar-refractivity contribution in [3.05, 3.63) is 60.4 Å². The van der Waals surface area contributed by atoms with E-state index in [1.54, 1.807) is 0 Å². The minimum atomic E-state index is 0.260. The molecule has 0 saturated heterocycles. The average molecular weight is 361 g/mol. The van der Waals surface area contributed by atoms with Crippen molar-refractivity contribution in [1.82, 2.24) is 14.5 Å². The van der Waals surface area contributed by atoms with Gasteiger partial charge in [-0.25, -0.2) is 4.98 Å². The van der Waals surface area contributed by atoms with Gasteiger partial charge in [-0.2, -0.15) is 0 Å². The van der Waals surface area contributed by atoms with E-state index < -0.39 is 0 Å². The van der Waals surface area contributed by atoms with Gasteiger partial charge in [0.2, 0.25) is 5.91 Å². The van der Waals surface area contributed by atoms with E-state index in [1.807, 2.05) is 36.4 Å². The first-order valence-electron chi connectivity index (χ1n) is 10.1. The number of benzene rings is 2. The number of imidazole rings is 1.